The van der Waals surface area contributed by atoms with E-state index in [1.165, 1.54) is 16.8 Å². The Bertz CT molecular complexity index is 892. The number of nitrogens with zero attached hydrogens (tertiary/aromatic N) is 2. The van der Waals surface area contributed by atoms with Crippen LogP contribution in [0.15, 0.2) is 44.5 Å². The Balaban J connectivity index is 1.68. The molecule has 0 amide bonds. The van der Waals surface area contributed by atoms with Crippen molar-refractivity contribution >= 4 is 26.0 Å². The van der Waals surface area contributed by atoms with E-state index in [0.29, 0.717) is 0 Å². The van der Waals surface area contributed by atoms with Gasteiger partial charge >= 0.3 is 0 Å². The highest BCUT2D eigenvalue weighted by molar-refractivity contribution is 9.10. The van der Waals surface area contributed by atoms with Gasteiger partial charge in [0.25, 0.3) is 5.56 Å². The summed E-state index contributed by atoms with van der Waals surface area (Å²) in [6, 6.07) is 8.02. The van der Waals surface area contributed by atoms with Crippen molar-refractivity contribution < 1.29 is 8.42 Å². The van der Waals surface area contributed by atoms with Crippen LogP contribution in [0.2, 0.25) is 0 Å². The molecule has 24 heavy (non-hydrogen) atoms. The van der Waals surface area contributed by atoms with Crippen LogP contribution in [-0.4, -0.2) is 24.7 Å². The summed E-state index contributed by atoms with van der Waals surface area (Å²) in [7, 11) is -3.59. The molecule has 3 rings (SSSR count). The summed E-state index contributed by atoms with van der Waals surface area (Å²) in [6.07, 6.45) is 3.94. The molecule has 1 heterocycles. The summed E-state index contributed by atoms with van der Waals surface area (Å²) >= 11 is 3.27. The second-order valence-electron chi connectivity index (χ2n) is 5.74. The van der Waals surface area contributed by atoms with Gasteiger partial charge in [0, 0.05) is 17.1 Å². The van der Waals surface area contributed by atoms with E-state index in [0.717, 1.165) is 41.4 Å². The number of fused-ring (bicyclic) bond motifs is 1. The molecule has 128 valence electrons. The molecule has 0 unspecified atom stereocenters. The Labute approximate surface area is 149 Å². The largest absolute Gasteiger partial charge is 0.268 e. The second kappa shape index (κ2) is 7.16. The number of hydrogen-bond donors (Lipinski definition) is 1. The summed E-state index contributed by atoms with van der Waals surface area (Å²) in [5.74, 6) is 0. The number of aromatic nitrogens is 2. The fourth-order valence-electron chi connectivity index (χ4n) is 2.74. The third-order valence-electron chi connectivity index (χ3n) is 4.01. The van der Waals surface area contributed by atoms with E-state index >= 15 is 0 Å². The number of benzene rings is 1. The molecule has 8 heteroatoms. The predicted molar refractivity (Wildman–Crippen MR) is 94.5 cm³/mol. The van der Waals surface area contributed by atoms with Gasteiger partial charge in [-0.1, -0.05) is 15.9 Å². The van der Waals surface area contributed by atoms with E-state index in [9.17, 15) is 13.2 Å². The minimum absolute atomic E-state index is 0.115. The SMILES string of the molecule is O=c1cc2c(nn1CCNS(=O)(=O)c1ccc(Br)cc1)CCCC2. The quantitative estimate of drug-likeness (QED) is 0.813. The molecule has 1 aliphatic rings. The lowest BCUT2D eigenvalue weighted by Crippen LogP contribution is -2.33. The summed E-state index contributed by atoms with van der Waals surface area (Å²) in [5.41, 5.74) is 1.80. The van der Waals surface area contributed by atoms with Crippen molar-refractivity contribution in [2.45, 2.75) is 37.1 Å². The van der Waals surface area contributed by atoms with E-state index < -0.39 is 10.0 Å². The topological polar surface area (TPSA) is 81.1 Å². The fraction of sp³-hybridized carbons (Fsp3) is 0.375. The molecule has 0 fully saturated rings. The van der Waals surface area contributed by atoms with Gasteiger partial charge in [-0.2, -0.15) is 5.10 Å². The smallest absolute Gasteiger partial charge is 0.267 e. The lowest BCUT2D eigenvalue weighted by atomic mass is 9.97. The zero-order chi connectivity index (χ0) is 17.2. The third kappa shape index (κ3) is 3.93. The van der Waals surface area contributed by atoms with E-state index in [-0.39, 0.29) is 23.5 Å². The van der Waals surface area contributed by atoms with Crippen molar-refractivity contribution in [1.82, 2.24) is 14.5 Å². The van der Waals surface area contributed by atoms with Crippen LogP contribution in [0.3, 0.4) is 0 Å². The van der Waals surface area contributed by atoms with E-state index in [1.54, 1.807) is 18.2 Å². The number of aryl methyl sites for hydroxylation is 2. The van der Waals surface area contributed by atoms with Crippen molar-refractivity contribution in [2.75, 3.05) is 6.54 Å². The molecule has 1 aromatic carbocycles. The highest BCUT2D eigenvalue weighted by Gasteiger charge is 2.15. The number of sulfonamides is 1. The molecule has 0 saturated carbocycles. The van der Waals surface area contributed by atoms with E-state index in [2.05, 4.69) is 25.8 Å². The lowest BCUT2D eigenvalue weighted by Gasteiger charge is -2.16. The third-order valence-corrected chi connectivity index (χ3v) is 6.02. The van der Waals surface area contributed by atoms with Gasteiger partial charge in [-0.25, -0.2) is 17.8 Å². The zero-order valence-electron chi connectivity index (χ0n) is 13.0. The normalized spacial score (nSPS) is 14.4. The van der Waals surface area contributed by atoms with Gasteiger partial charge in [-0.3, -0.25) is 4.79 Å². The van der Waals surface area contributed by atoms with Crippen LogP contribution in [0.4, 0.5) is 0 Å². The Hall–Kier alpha value is -1.51. The minimum Gasteiger partial charge on any atom is -0.268 e. The molecule has 1 N–H and O–H groups in total. The van der Waals surface area contributed by atoms with Crippen molar-refractivity contribution in [2.24, 2.45) is 0 Å². The maximum absolute atomic E-state index is 12.2. The summed E-state index contributed by atoms with van der Waals surface area (Å²) in [6.45, 7) is 0.325. The molecule has 1 aliphatic carbocycles. The minimum atomic E-state index is -3.59. The van der Waals surface area contributed by atoms with Crippen molar-refractivity contribution in [3.05, 3.63) is 56.4 Å². The van der Waals surface area contributed by atoms with Crippen LogP contribution in [0, 0.1) is 0 Å². The van der Waals surface area contributed by atoms with Gasteiger partial charge in [-0.15, -0.1) is 0 Å². The van der Waals surface area contributed by atoms with Gasteiger partial charge in [0.1, 0.15) is 0 Å². The first-order valence-electron chi connectivity index (χ1n) is 7.81. The van der Waals surface area contributed by atoms with Gasteiger partial charge in [-0.05, 0) is 55.5 Å². The van der Waals surface area contributed by atoms with E-state index in [1.807, 2.05) is 0 Å². The van der Waals surface area contributed by atoms with Crippen LogP contribution in [0.5, 0.6) is 0 Å². The van der Waals surface area contributed by atoms with Crippen molar-refractivity contribution in [1.29, 1.82) is 0 Å². The first-order chi connectivity index (χ1) is 11.5. The van der Waals surface area contributed by atoms with Gasteiger partial charge in [0.2, 0.25) is 10.0 Å². The van der Waals surface area contributed by atoms with Crippen LogP contribution in [0.25, 0.3) is 0 Å². The number of nitrogens with one attached hydrogen (secondary N) is 1. The fourth-order valence-corrected chi connectivity index (χ4v) is 4.03. The molecule has 0 saturated heterocycles. The van der Waals surface area contributed by atoms with Gasteiger partial charge in [0.05, 0.1) is 17.1 Å². The molecule has 1 aromatic heterocycles. The van der Waals surface area contributed by atoms with Crippen LogP contribution < -0.4 is 10.3 Å². The second-order valence-corrected chi connectivity index (χ2v) is 8.42. The maximum Gasteiger partial charge on any atom is 0.267 e. The average molecular weight is 412 g/mol. The molecule has 0 radical (unpaired) electrons. The first-order valence-corrected chi connectivity index (χ1v) is 10.1. The standard InChI is InChI=1S/C16H18BrN3O3S/c17-13-5-7-14(8-6-13)24(22,23)18-9-10-20-16(21)11-12-3-1-2-4-15(12)19-20/h5-8,11,18H,1-4,9-10H2. The zero-order valence-corrected chi connectivity index (χ0v) is 15.4. The number of rotatable bonds is 5. The maximum atomic E-state index is 12.2. The molecule has 2 aromatic rings. The monoisotopic (exact) mass is 411 g/mol. The molecule has 6 nitrogen and oxygen atoms in total. The summed E-state index contributed by atoms with van der Waals surface area (Å²) in [4.78, 5) is 12.3. The van der Waals surface area contributed by atoms with Crippen LogP contribution >= 0.6 is 15.9 Å². The number of hydrogen-bond acceptors (Lipinski definition) is 4. The van der Waals surface area contributed by atoms with Gasteiger partial charge in [0.15, 0.2) is 0 Å². The number of halogens is 1. The Kier molecular flexibility index (Phi) is 5.17. The molecule has 0 aliphatic heterocycles. The molecular weight excluding hydrogens is 394 g/mol. The Morgan fingerprint density at radius 1 is 1.17 bits per heavy atom. The predicted octanol–water partition coefficient (Wildman–Crippen LogP) is 1.86. The average Bonchev–Trinajstić information content (AvgIpc) is 2.55. The summed E-state index contributed by atoms with van der Waals surface area (Å²) in [5, 5.41) is 4.38. The van der Waals surface area contributed by atoms with Crippen molar-refractivity contribution in [3.63, 3.8) is 0 Å². The molecule has 0 spiro atoms. The Morgan fingerprint density at radius 3 is 2.62 bits per heavy atom. The van der Waals surface area contributed by atoms with Gasteiger partial charge < -0.3 is 0 Å². The first kappa shape index (κ1) is 17.3. The van der Waals surface area contributed by atoms with Crippen LogP contribution in [0.1, 0.15) is 24.1 Å². The molecule has 0 atom stereocenters. The summed E-state index contributed by atoms with van der Waals surface area (Å²) < 4.78 is 29.1. The van der Waals surface area contributed by atoms with E-state index in [4.69, 9.17) is 0 Å². The van der Waals surface area contributed by atoms with Crippen molar-refractivity contribution in [3.8, 4) is 0 Å². The lowest BCUT2D eigenvalue weighted by molar-refractivity contribution is 0.526. The highest BCUT2D eigenvalue weighted by Crippen LogP contribution is 2.17. The molecular formula is C16H18BrN3O3S. The molecule has 0 bridgehead atoms. The van der Waals surface area contributed by atoms with Crippen LogP contribution in [-0.2, 0) is 29.4 Å². The highest BCUT2D eigenvalue weighted by atomic mass is 79.9. The Morgan fingerprint density at radius 2 is 1.88 bits per heavy atom.